The van der Waals surface area contributed by atoms with Crippen molar-refractivity contribution in [2.45, 2.75) is 149 Å². The molecule has 0 aromatic carbocycles. The highest BCUT2D eigenvalue weighted by molar-refractivity contribution is 5.56. The van der Waals surface area contributed by atoms with Crippen molar-refractivity contribution in [1.29, 1.82) is 0 Å². The van der Waals surface area contributed by atoms with Gasteiger partial charge in [0.1, 0.15) is 6.29 Å². The Balaban J connectivity index is 1.62. The predicted molar refractivity (Wildman–Crippen MR) is 134 cm³/mol. The quantitative estimate of drug-likeness (QED) is 0.222. The molecule has 0 bridgehead atoms. The van der Waals surface area contributed by atoms with Crippen molar-refractivity contribution in [2.24, 2.45) is 35.0 Å². The third-order valence-corrected chi connectivity index (χ3v) is 10.1. The summed E-state index contributed by atoms with van der Waals surface area (Å²) < 4.78 is 0. The average molecular weight is 431 g/mol. The summed E-state index contributed by atoms with van der Waals surface area (Å²) >= 11 is 0. The maximum Gasteiger partial charge on any atom is 0.123 e. The Hall–Kier alpha value is -0.330. The molecule has 3 fully saturated rings. The van der Waals surface area contributed by atoms with Gasteiger partial charge in [0.25, 0.3) is 0 Å². The first kappa shape index (κ1) is 25.3. The molecule has 1 atom stereocenters. The normalized spacial score (nSPS) is 33.8. The summed E-state index contributed by atoms with van der Waals surface area (Å²) in [5, 5.41) is 0. The molecule has 0 radical (unpaired) electrons. The van der Waals surface area contributed by atoms with Crippen molar-refractivity contribution in [1.82, 2.24) is 0 Å². The number of carbonyl (C=O) groups excluding carboxylic acids is 1. The molecular weight excluding hydrogens is 376 g/mol. The van der Waals surface area contributed by atoms with Crippen LogP contribution in [0.1, 0.15) is 149 Å². The van der Waals surface area contributed by atoms with Crippen molar-refractivity contribution >= 4 is 6.29 Å². The maximum atomic E-state index is 12.7. The van der Waals surface area contributed by atoms with Gasteiger partial charge in [-0.1, -0.05) is 97.3 Å². The molecule has 180 valence electrons. The van der Waals surface area contributed by atoms with Gasteiger partial charge in [-0.15, -0.1) is 0 Å². The molecule has 31 heavy (non-hydrogen) atoms. The molecule has 0 heterocycles. The van der Waals surface area contributed by atoms with Gasteiger partial charge in [0.2, 0.25) is 0 Å². The van der Waals surface area contributed by atoms with Gasteiger partial charge in [-0.05, 0) is 80.5 Å². The van der Waals surface area contributed by atoms with E-state index < -0.39 is 0 Å². The number of rotatable bonds is 12. The minimum absolute atomic E-state index is 0.364. The molecule has 3 saturated carbocycles. The fourth-order valence-electron chi connectivity index (χ4n) is 8.19. The van der Waals surface area contributed by atoms with E-state index in [-0.39, 0.29) is 0 Å². The van der Waals surface area contributed by atoms with E-state index in [1.54, 1.807) is 0 Å². The summed E-state index contributed by atoms with van der Waals surface area (Å²) in [7, 11) is 0. The second kappa shape index (κ2) is 13.4. The third-order valence-electron chi connectivity index (χ3n) is 10.1. The molecule has 0 spiro atoms. The summed E-state index contributed by atoms with van der Waals surface area (Å²) in [5.74, 6) is 3.80. The number of hydrogen-bond donors (Lipinski definition) is 0. The van der Waals surface area contributed by atoms with Gasteiger partial charge in [0.15, 0.2) is 0 Å². The van der Waals surface area contributed by atoms with E-state index in [1.165, 1.54) is 141 Å². The predicted octanol–water partition coefficient (Wildman–Crippen LogP) is 9.53. The molecular formula is C30H54O. The largest absolute Gasteiger partial charge is 0.303 e. The minimum Gasteiger partial charge on any atom is -0.303 e. The summed E-state index contributed by atoms with van der Waals surface area (Å²) in [6.45, 7) is 4.65. The van der Waals surface area contributed by atoms with Gasteiger partial charge in [-0.2, -0.15) is 0 Å². The molecule has 1 nitrogen and oxygen atoms in total. The molecule has 1 unspecified atom stereocenters. The average Bonchev–Trinajstić information content (AvgIpc) is 2.82. The lowest BCUT2D eigenvalue weighted by atomic mass is 9.51. The maximum absolute atomic E-state index is 12.7. The van der Waals surface area contributed by atoms with Crippen molar-refractivity contribution in [3.8, 4) is 0 Å². The van der Waals surface area contributed by atoms with Gasteiger partial charge in [-0.25, -0.2) is 0 Å². The molecule has 3 aliphatic carbocycles. The van der Waals surface area contributed by atoms with E-state index >= 15 is 0 Å². The van der Waals surface area contributed by atoms with Crippen LogP contribution in [-0.4, -0.2) is 6.29 Å². The molecule has 0 aliphatic heterocycles. The highest BCUT2D eigenvalue weighted by Crippen LogP contribution is 2.57. The highest BCUT2D eigenvalue weighted by atomic mass is 16.1. The van der Waals surface area contributed by atoms with E-state index in [4.69, 9.17) is 0 Å². The standard InChI is InChI=1S/C30H54O/c1-3-5-6-7-9-13-26-20-22-30(23-21-26,28-14-10-8-11-15-28)29(24-31)27-18-16-25(12-4-2)17-19-27/h24-29H,3-23H2,1-2H3/t25?,26-,27?,29?,30+. The zero-order valence-corrected chi connectivity index (χ0v) is 21.2. The summed E-state index contributed by atoms with van der Waals surface area (Å²) in [6.07, 6.45) is 30.9. The number of unbranched alkanes of at least 4 members (excludes halogenated alkanes) is 4. The van der Waals surface area contributed by atoms with Gasteiger partial charge in [-0.3, -0.25) is 0 Å². The highest BCUT2D eigenvalue weighted by Gasteiger charge is 2.49. The zero-order valence-electron chi connectivity index (χ0n) is 21.2. The smallest absolute Gasteiger partial charge is 0.123 e. The monoisotopic (exact) mass is 430 g/mol. The number of hydrogen-bond acceptors (Lipinski definition) is 1. The van der Waals surface area contributed by atoms with E-state index in [0.717, 1.165) is 17.8 Å². The Morgan fingerprint density at radius 1 is 0.710 bits per heavy atom. The van der Waals surface area contributed by atoms with Crippen LogP contribution >= 0.6 is 0 Å². The van der Waals surface area contributed by atoms with Crippen LogP contribution in [0.15, 0.2) is 0 Å². The Labute approximate surface area is 194 Å². The second-order valence-electron chi connectivity index (χ2n) is 11.9. The van der Waals surface area contributed by atoms with Crippen LogP contribution in [0.5, 0.6) is 0 Å². The van der Waals surface area contributed by atoms with Crippen molar-refractivity contribution < 1.29 is 4.79 Å². The van der Waals surface area contributed by atoms with E-state index in [0.29, 0.717) is 17.3 Å². The van der Waals surface area contributed by atoms with Crippen LogP contribution in [0.4, 0.5) is 0 Å². The summed E-state index contributed by atoms with van der Waals surface area (Å²) in [6, 6.07) is 0. The fraction of sp³-hybridized carbons (Fsp3) is 0.967. The van der Waals surface area contributed by atoms with Gasteiger partial charge < -0.3 is 4.79 Å². The van der Waals surface area contributed by atoms with Crippen molar-refractivity contribution in [3.05, 3.63) is 0 Å². The van der Waals surface area contributed by atoms with Crippen LogP contribution in [0.2, 0.25) is 0 Å². The van der Waals surface area contributed by atoms with Crippen LogP contribution in [0.3, 0.4) is 0 Å². The third kappa shape index (κ3) is 6.83. The zero-order chi connectivity index (χ0) is 21.9. The van der Waals surface area contributed by atoms with Gasteiger partial charge in [0.05, 0.1) is 0 Å². The second-order valence-corrected chi connectivity index (χ2v) is 11.9. The Kier molecular flexibility index (Phi) is 10.9. The van der Waals surface area contributed by atoms with Gasteiger partial charge in [0, 0.05) is 5.92 Å². The van der Waals surface area contributed by atoms with Crippen LogP contribution < -0.4 is 0 Å². The molecule has 3 aliphatic rings. The molecule has 0 aromatic heterocycles. The van der Waals surface area contributed by atoms with Gasteiger partial charge >= 0.3 is 0 Å². The first-order valence-corrected chi connectivity index (χ1v) is 14.7. The van der Waals surface area contributed by atoms with Crippen molar-refractivity contribution in [3.63, 3.8) is 0 Å². The summed E-state index contributed by atoms with van der Waals surface area (Å²) in [4.78, 5) is 12.7. The topological polar surface area (TPSA) is 17.1 Å². The molecule has 3 rings (SSSR count). The fourth-order valence-corrected chi connectivity index (χ4v) is 8.19. The first-order chi connectivity index (χ1) is 15.2. The number of carbonyl (C=O) groups is 1. The van der Waals surface area contributed by atoms with Crippen LogP contribution in [-0.2, 0) is 4.79 Å². The molecule has 1 heteroatoms. The lowest BCUT2D eigenvalue weighted by Crippen LogP contribution is -2.46. The van der Waals surface area contributed by atoms with E-state index in [1.807, 2.05) is 0 Å². The van der Waals surface area contributed by atoms with E-state index in [9.17, 15) is 4.79 Å². The molecule has 0 saturated heterocycles. The molecule has 0 aromatic rings. The lowest BCUT2D eigenvalue weighted by Gasteiger charge is -2.53. The lowest BCUT2D eigenvalue weighted by molar-refractivity contribution is -0.125. The first-order valence-electron chi connectivity index (χ1n) is 14.7. The van der Waals surface area contributed by atoms with Crippen LogP contribution in [0.25, 0.3) is 0 Å². The Morgan fingerprint density at radius 2 is 1.35 bits per heavy atom. The Bertz CT molecular complexity index is 475. The van der Waals surface area contributed by atoms with E-state index in [2.05, 4.69) is 13.8 Å². The summed E-state index contributed by atoms with van der Waals surface area (Å²) in [5.41, 5.74) is 0.364. The minimum atomic E-state index is 0.364. The van der Waals surface area contributed by atoms with Crippen LogP contribution in [0, 0.1) is 35.0 Å². The molecule has 0 N–H and O–H groups in total. The number of aldehydes is 1. The molecule has 0 amide bonds. The van der Waals surface area contributed by atoms with Crippen molar-refractivity contribution in [2.75, 3.05) is 0 Å². The Morgan fingerprint density at radius 3 is 1.97 bits per heavy atom. The SMILES string of the molecule is CCCCCCC[C@H]1CC[C@@](C2CCCCC2)(C(C=O)C2CCC(CCC)CC2)CC1.